The lowest BCUT2D eigenvalue weighted by Gasteiger charge is -2.40. The van der Waals surface area contributed by atoms with Crippen LogP contribution in [0.2, 0.25) is 0 Å². The summed E-state index contributed by atoms with van der Waals surface area (Å²) in [6.07, 6.45) is -3.05. The zero-order valence-electron chi connectivity index (χ0n) is 17.9. The Labute approximate surface area is 195 Å². The summed E-state index contributed by atoms with van der Waals surface area (Å²) in [6, 6.07) is 5.64. The molecule has 5 nitrogen and oxygen atoms in total. The number of alkyl halides is 3. The molecule has 2 aromatic heterocycles. The quantitative estimate of drug-likeness (QED) is 0.361. The Morgan fingerprint density at radius 2 is 1.77 bits per heavy atom. The van der Waals surface area contributed by atoms with Gasteiger partial charge < -0.3 is 10.1 Å². The van der Waals surface area contributed by atoms with Gasteiger partial charge in [-0.25, -0.2) is 18.2 Å². The van der Waals surface area contributed by atoms with Crippen LogP contribution in [-0.2, 0) is 10.3 Å². The van der Waals surface area contributed by atoms with Crippen LogP contribution in [0.1, 0.15) is 28.9 Å². The summed E-state index contributed by atoms with van der Waals surface area (Å²) in [5.74, 6) is -4.36. The predicted molar refractivity (Wildman–Crippen MR) is 114 cm³/mol. The fourth-order valence-electron chi connectivity index (χ4n) is 3.87. The van der Waals surface area contributed by atoms with Gasteiger partial charge in [-0.1, -0.05) is 18.2 Å². The lowest BCUT2D eigenvalue weighted by Crippen LogP contribution is -2.48. The second-order valence-electron chi connectivity index (χ2n) is 7.85. The molecule has 1 N–H and O–H groups in total. The van der Waals surface area contributed by atoms with Gasteiger partial charge >= 0.3 is 6.18 Å². The van der Waals surface area contributed by atoms with Gasteiger partial charge in [0.1, 0.15) is 28.8 Å². The van der Waals surface area contributed by atoms with Gasteiger partial charge in [-0.2, -0.15) is 13.2 Å². The lowest BCUT2D eigenvalue weighted by atomic mass is 9.83. The molecule has 182 valence electrons. The Morgan fingerprint density at radius 1 is 1.06 bits per heavy atom. The Bertz CT molecular complexity index is 1290. The summed E-state index contributed by atoms with van der Waals surface area (Å²) < 4.78 is 90.6. The highest BCUT2D eigenvalue weighted by Crippen LogP contribution is 2.50. The van der Waals surface area contributed by atoms with Crippen LogP contribution in [0.25, 0.3) is 11.3 Å². The summed E-state index contributed by atoms with van der Waals surface area (Å²) >= 11 is 0. The second kappa shape index (κ2) is 9.14. The van der Waals surface area contributed by atoms with E-state index in [2.05, 4.69) is 21.9 Å². The van der Waals surface area contributed by atoms with Crippen molar-refractivity contribution in [3.8, 4) is 11.3 Å². The molecule has 1 aliphatic rings. The number of halogens is 6. The SMILES string of the molecule is C=C1CCO[C@@](c2ccncc2NC(=O)c2ccc(F)c(-c3c(F)cccc3F)n2)(C(F)(F)F)C1. The van der Waals surface area contributed by atoms with E-state index in [1.54, 1.807) is 0 Å². The average molecular weight is 493 g/mol. The third-order valence-electron chi connectivity index (χ3n) is 5.54. The monoisotopic (exact) mass is 493 g/mol. The average Bonchev–Trinajstić information content (AvgIpc) is 2.79. The molecule has 0 radical (unpaired) electrons. The standard InChI is InChI=1S/C24H17F6N3O2/c1-13-8-10-35-23(11-13,24(28,29)30)14-7-9-31-12-19(14)33-22(34)18-6-5-17(27)21(32-18)20-15(25)3-2-4-16(20)26/h2-7,9,12H,1,8,10-11H2,(H,33,34)/t23-/m0/s1. The maximum absolute atomic E-state index is 14.3. The molecule has 1 fully saturated rings. The van der Waals surface area contributed by atoms with Crippen molar-refractivity contribution in [1.82, 2.24) is 9.97 Å². The van der Waals surface area contributed by atoms with Crippen molar-refractivity contribution in [2.45, 2.75) is 24.6 Å². The highest BCUT2D eigenvalue weighted by molar-refractivity contribution is 6.03. The van der Waals surface area contributed by atoms with E-state index in [9.17, 15) is 31.1 Å². The first-order chi connectivity index (χ1) is 16.5. The van der Waals surface area contributed by atoms with Crippen LogP contribution < -0.4 is 5.32 Å². The Balaban J connectivity index is 1.73. The molecular weight excluding hydrogens is 476 g/mol. The van der Waals surface area contributed by atoms with Crippen molar-refractivity contribution in [2.24, 2.45) is 0 Å². The molecule has 0 spiro atoms. The molecule has 1 amide bonds. The molecule has 1 atom stereocenters. The number of aromatic nitrogens is 2. The van der Waals surface area contributed by atoms with Gasteiger partial charge in [0.05, 0.1) is 24.1 Å². The zero-order chi connectivity index (χ0) is 25.4. The van der Waals surface area contributed by atoms with Crippen LogP contribution in [0.4, 0.5) is 32.0 Å². The van der Waals surface area contributed by atoms with Gasteiger partial charge in [-0.15, -0.1) is 0 Å². The second-order valence-corrected chi connectivity index (χ2v) is 7.85. The summed E-state index contributed by atoms with van der Waals surface area (Å²) in [4.78, 5) is 20.4. The molecule has 0 bridgehead atoms. The summed E-state index contributed by atoms with van der Waals surface area (Å²) in [7, 11) is 0. The van der Waals surface area contributed by atoms with E-state index in [0.29, 0.717) is 5.57 Å². The number of pyridine rings is 2. The molecule has 0 saturated carbocycles. The fraction of sp³-hybridized carbons (Fsp3) is 0.208. The Morgan fingerprint density at radius 3 is 2.43 bits per heavy atom. The van der Waals surface area contributed by atoms with Gasteiger partial charge in [-0.05, 0) is 36.8 Å². The molecule has 0 unspecified atom stereocenters. The van der Waals surface area contributed by atoms with Crippen LogP contribution >= 0.6 is 0 Å². The minimum absolute atomic E-state index is 0.231. The molecule has 4 rings (SSSR count). The van der Waals surface area contributed by atoms with Crippen molar-refractivity contribution < 1.29 is 35.9 Å². The smallest absolute Gasteiger partial charge is 0.360 e. The number of ether oxygens (including phenoxy) is 1. The first-order valence-corrected chi connectivity index (χ1v) is 10.3. The molecule has 0 aliphatic carbocycles. The number of nitrogens with one attached hydrogen (secondary N) is 1. The van der Waals surface area contributed by atoms with Gasteiger partial charge in [0, 0.05) is 18.2 Å². The van der Waals surface area contributed by atoms with E-state index < -0.39 is 64.1 Å². The molecule has 3 heterocycles. The number of carbonyl (C=O) groups is 1. The van der Waals surface area contributed by atoms with E-state index >= 15 is 0 Å². The van der Waals surface area contributed by atoms with Crippen molar-refractivity contribution in [1.29, 1.82) is 0 Å². The molecule has 1 aromatic carbocycles. The van der Waals surface area contributed by atoms with E-state index in [1.165, 1.54) is 0 Å². The van der Waals surface area contributed by atoms with Crippen molar-refractivity contribution >= 4 is 11.6 Å². The normalized spacial score (nSPS) is 18.4. The molecular formula is C24H17F6N3O2. The Kier molecular flexibility index (Phi) is 6.37. The number of carbonyl (C=O) groups excluding carboxylic acids is 1. The minimum Gasteiger partial charge on any atom is -0.360 e. The number of hydrogen-bond acceptors (Lipinski definition) is 4. The van der Waals surface area contributed by atoms with E-state index in [0.717, 1.165) is 48.8 Å². The van der Waals surface area contributed by atoms with Gasteiger partial charge in [0.15, 0.2) is 5.60 Å². The van der Waals surface area contributed by atoms with Gasteiger partial charge in [-0.3, -0.25) is 9.78 Å². The maximum atomic E-state index is 14.3. The molecule has 1 aliphatic heterocycles. The summed E-state index contributed by atoms with van der Waals surface area (Å²) in [6.45, 7) is 3.43. The number of anilines is 1. The van der Waals surface area contributed by atoms with Crippen LogP contribution in [0.5, 0.6) is 0 Å². The third-order valence-corrected chi connectivity index (χ3v) is 5.54. The van der Waals surface area contributed by atoms with Crippen molar-refractivity contribution in [3.63, 3.8) is 0 Å². The highest BCUT2D eigenvalue weighted by Gasteiger charge is 2.59. The predicted octanol–water partition coefficient (Wildman–Crippen LogP) is 5.94. The molecule has 11 heteroatoms. The maximum Gasteiger partial charge on any atom is 0.422 e. The van der Waals surface area contributed by atoms with Crippen molar-refractivity contribution in [3.05, 3.63) is 89.7 Å². The Hall–Kier alpha value is -3.73. The van der Waals surface area contributed by atoms with E-state index in [-0.39, 0.29) is 18.7 Å². The number of rotatable bonds is 4. The molecule has 1 saturated heterocycles. The zero-order valence-corrected chi connectivity index (χ0v) is 17.9. The number of amides is 1. The topological polar surface area (TPSA) is 64.1 Å². The number of nitrogens with zero attached hydrogens (tertiary/aromatic N) is 2. The van der Waals surface area contributed by atoms with E-state index in [1.807, 2.05) is 0 Å². The summed E-state index contributed by atoms with van der Waals surface area (Å²) in [5.41, 5.74) is -5.23. The van der Waals surface area contributed by atoms with Crippen LogP contribution in [-0.4, -0.2) is 28.7 Å². The number of benzene rings is 1. The van der Waals surface area contributed by atoms with Gasteiger partial charge in [0.2, 0.25) is 0 Å². The fourth-order valence-corrected chi connectivity index (χ4v) is 3.87. The lowest BCUT2D eigenvalue weighted by molar-refractivity contribution is -0.290. The van der Waals surface area contributed by atoms with E-state index in [4.69, 9.17) is 4.74 Å². The van der Waals surface area contributed by atoms with Gasteiger partial charge in [0.25, 0.3) is 5.91 Å². The van der Waals surface area contributed by atoms with Crippen LogP contribution in [0, 0.1) is 17.5 Å². The molecule has 3 aromatic rings. The van der Waals surface area contributed by atoms with Crippen LogP contribution in [0.15, 0.2) is 60.9 Å². The van der Waals surface area contributed by atoms with Crippen LogP contribution in [0.3, 0.4) is 0 Å². The highest BCUT2D eigenvalue weighted by atomic mass is 19.4. The largest absolute Gasteiger partial charge is 0.422 e. The number of hydrogen-bond donors (Lipinski definition) is 1. The third kappa shape index (κ3) is 4.51. The minimum atomic E-state index is -4.86. The van der Waals surface area contributed by atoms with Crippen molar-refractivity contribution in [2.75, 3.05) is 11.9 Å². The first-order valence-electron chi connectivity index (χ1n) is 10.3. The summed E-state index contributed by atoms with van der Waals surface area (Å²) in [5, 5.41) is 2.28. The first kappa shape index (κ1) is 24.4. The molecule has 35 heavy (non-hydrogen) atoms.